The minimum atomic E-state index is -0.407. The van der Waals surface area contributed by atoms with Crippen molar-refractivity contribution < 1.29 is 14.3 Å². The van der Waals surface area contributed by atoms with Crippen LogP contribution < -0.4 is 14.8 Å². The zero-order chi connectivity index (χ0) is 22.6. The summed E-state index contributed by atoms with van der Waals surface area (Å²) >= 11 is 1.36. The molecular formula is C24H21N5O3S. The third kappa shape index (κ3) is 4.68. The van der Waals surface area contributed by atoms with E-state index in [1.54, 1.807) is 30.6 Å². The van der Waals surface area contributed by atoms with E-state index in [9.17, 15) is 4.79 Å². The fraction of sp³-hybridized carbons (Fsp3) is 0.167. The summed E-state index contributed by atoms with van der Waals surface area (Å²) in [6, 6.07) is 19.2. The Bertz CT molecular complexity index is 1260. The van der Waals surface area contributed by atoms with E-state index in [1.165, 1.54) is 11.8 Å². The molecule has 33 heavy (non-hydrogen) atoms. The second-order valence-electron chi connectivity index (χ2n) is 7.44. The Morgan fingerprint density at radius 1 is 1.09 bits per heavy atom. The first-order valence-corrected chi connectivity index (χ1v) is 11.3. The molecule has 0 saturated heterocycles. The molecule has 5 rings (SSSR count). The molecule has 1 amide bonds. The van der Waals surface area contributed by atoms with Gasteiger partial charge in [0.1, 0.15) is 0 Å². The number of amides is 1. The van der Waals surface area contributed by atoms with Gasteiger partial charge >= 0.3 is 0 Å². The first-order chi connectivity index (χ1) is 16.2. The number of hydrogen-bond donors (Lipinski definition) is 1. The molecule has 1 aliphatic rings. The second-order valence-corrected chi connectivity index (χ2v) is 8.74. The number of anilines is 1. The standard InChI is InChI=1S/C24H21N5O3S/c1-16(23(30)26-19-9-10-20-21(12-19)32-15-31-20)33-24-28-27-22(18-8-5-11-25-13-18)29(24)14-17-6-3-2-4-7-17/h2-13,16H,14-15H2,1H3,(H,26,30). The van der Waals surface area contributed by atoms with Crippen LogP contribution in [0.25, 0.3) is 11.4 Å². The van der Waals surface area contributed by atoms with E-state index >= 15 is 0 Å². The number of aromatic nitrogens is 4. The molecule has 0 aliphatic carbocycles. The quantitative estimate of drug-likeness (QED) is 0.414. The Morgan fingerprint density at radius 3 is 2.76 bits per heavy atom. The maximum Gasteiger partial charge on any atom is 0.237 e. The Hall–Kier alpha value is -3.85. The predicted molar refractivity (Wildman–Crippen MR) is 125 cm³/mol. The van der Waals surface area contributed by atoms with Crippen molar-refractivity contribution in [3.05, 3.63) is 78.6 Å². The van der Waals surface area contributed by atoms with Gasteiger partial charge in [0, 0.05) is 29.7 Å². The highest BCUT2D eigenvalue weighted by Gasteiger charge is 2.22. The molecule has 3 heterocycles. The van der Waals surface area contributed by atoms with Crippen LogP contribution in [0.5, 0.6) is 11.5 Å². The van der Waals surface area contributed by atoms with Crippen molar-refractivity contribution >= 4 is 23.4 Å². The molecule has 1 N–H and O–H groups in total. The highest BCUT2D eigenvalue weighted by molar-refractivity contribution is 8.00. The molecule has 0 spiro atoms. The number of ether oxygens (including phenoxy) is 2. The number of hydrogen-bond acceptors (Lipinski definition) is 7. The summed E-state index contributed by atoms with van der Waals surface area (Å²) in [4.78, 5) is 17.1. The Labute approximate surface area is 195 Å². The third-order valence-corrected chi connectivity index (χ3v) is 6.19. The molecule has 1 atom stereocenters. The fourth-order valence-electron chi connectivity index (χ4n) is 3.42. The summed E-state index contributed by atoms with van der Waals surface area (Å²) in [5.41, 5.74) is 2.63. The summed E-state index contributed by atoms with van der Waals surface area (Å²) in [6.45, 7) is 2.62. The summed E-state index contributed by atoms with van der Waals surface area (Å²) < 4.78 is 12.7. The molecule has 2 aromatic heterocycles. The van der Waals surface area contributed by atoms with Gasteiger partial charge in [-0.3, -0.25) is 14.3 Å². The lowest BCUT2D eigenvalue weighted by Crippen LogP contribution is -2.23. The van der Waals surface area contributed by atoms with Crippen molar-refractivity contribution in [2.45, 2.75) is 23.9 Å². The summed E-state index contributed by atoms with van der Waals surface area (Å²) in [5.74, 6) is 1.86. The van der Waals surface area contributed by atoms with Crippen molar-refractivity contribution in [1.29, 1.82) is 0 Å². The lowest BCUT2D eigenvalue weighted by molar-refractivity contribution is -0.115. The number of fused-ring (bicyclic) bond motifs is 1. The van der Waals surface area contributed by atoms with Crippen LogP contribution in [0, 0.1) is 0 Å². The average molecular weight is 460 g/mol. The molecular weight excluding hydrogens is 438 g/mol. The molecule has 8 nitrogen and oxygen atoms in total. The smallest absolute Gasteiger partial charge is 0.237 e. The monoisotopic (exact) mass is 459 g/mol. The highest BCUT2D eigenvalue weighted by Crippen LogP contribution is 2.34. The van der Waals surface area contributed by atoms with Gasteiger partial charge in [-0.15, -0.1) is 10.2 Å². The minimum Gasteiger partial charge on any atom is -0.454 e. The molecule has 0 fully saturated rings. The highest BCUT2D eigenvalue weighted by atomic mass is 32.2. The van der Waals surface area contributed by atoms with Crippen molar-refractivity contribution in [3.8, 4) is 22.9 Å². The SMILES string of the molecule is CC(Sc1nnc(-c2cccnc2)n1Cc1ccccc1)C(=O)Nc1ccc2c(c1)OCO2. The van der Waals surface area contributed by atoms with Crippen LogP contribution in [0.4, 0.5) is 5.69 Å². The van der Waals surface area contributed by atoms with E-state index in [4.69, 9.17) is 9.47 Å². The lowest BCUT2D eigenvalue weighted by Gasteiger charge is -2.14. The molecule has 9 heteroatoms. The normalized spacial score (nSPS) is 13.0. The van der Waals surface area contributed by atoms with Crippen LogP contribution in [0.3, 0.4) is 0 Å². The van der Waals surface area contributed by atoms with Crippen molar-refractivity contribution in [2.24, 2.45) is 0 Å². The van der Waals surface area contributed by atoms with E-state index in [0.29, 0.717) is 34.7 Å². The third-order valence-electron chi connectivity index (χ3n) is 5.11. The van der Waals surface area contributed by atoms with E-state index in [1.807, 2.05) is 41.8 Å². The summed E-state index contributed by atoms with van der Waals surface area (Å²) in [6.07, 6.45) is 3.48. The predicted octanol–water partition coefficient (Wildman–Crippen LogP) is 4.24. The van der Waals surface area contributed by atoms with Crippen molar-refractivity contribution in [3.63, 3.8) is 0 Å². The maximum atomic E-state index is 12.9. The number of nitrogens with zero attached hydrogens (tertiary/aromatic N) is 4. The van der Waals surface area contributed by atoms with Crippen molar-refractivity contribution in [2.75, 3.05) is 12.1 Å². The Balaban J connectivity index is 1.36. The largest absolute Gasteiger partial charge is 0.454 e. The number of thioether (sulfide) groups is 1. The van der Waals surface area contributed by atoms with E-state index in [2.05, 4.69) is 32.6 Å². The number of nitrogens with one attached hydrogen (secondary N) is 1. The van der Waals surface area contributed by atoms with Gasteiger partial charge in [0.15, 0.2) is 22.5 Å². The zero-order valence-corrected chi connectivity index (χ0v) is 18.7. The van der Waals surface area contributed by atoms with Crippen LogP contribution in [-0.4, -0.2) is 37.7 Å². The Morgan fingerprint density at radius 2 is 1.94 bits per heavy atom. The number of carbonyl (C=O) groups is 1. The lowest BCUT2D eigenvalue weighted by atomic mass is 10.2. The van der Waals surface area contributed by atoms with Crippen molar-refractivity contribution in [1.82, 2.24) is 19.7 Å². The Kier molecular flexibility index (Phi) is 5.95. The molecule has 4 aromatic rings. The molecule has 0 saturated carbocycles. The van der Waals surface area contributed by atoms with Crippen LogP contribution in [0.1, 0.15) is 12.5 Å². The van der Waals surface area contributed by atoms with Gasteiger partial charge in [0.25, 0.3) is 0 Å². The van der Waals surface area contributed by atoms with E-state index in [0.717, 1.165) is 11.1 Å². The van der Waals surface area contributed by atoms with E-state index < -0.39 is 5.25 Å². The van der Waals surface area contributed by atoms with Crippen LogP contribution in [0.15, 0.2) is 78.2 Å². The van der Waals surface area contributed by atoms with E-state index in [-0.39, 0.29) is 12.7 Å². The van der Waals surface area contributed by atoms with Crippen LogP contribution >= 0.6 is 11.8 Å². The number of carbonyl (C=O) groups excluding carboxylic acids is 1. The van der Waals surface area contributed by atoms with Gasteiger partial charge in [0.2, 0.25) is 12.7 Å². The zero-order valence-electron chi connectivity index (χ0n) is 17.8. The molecule has 0 bridgehead atoms. The first-order valence-electron chi connectivity index (χ1n) is 10.4. The fourth-order valence-corrected chi connectivity index (χ4v) is 4.27. The second kappa shape index (κ2) is 9.33. The van der Waals surface area contributed by atoms with Gasteiger partial charge in [-0.05, 0) is 36.8 Å². The molecule has 2 aromatic carbocycles. The number of pyridine rings is 1. The maximum absolute atomic E-state index is 12.9. The molecule has 0 radical (unpaired) electrons. The van der Waals surface area contributed by atoms with Gasteiger partial charge in [0.05, 0.1) is 11.8 Å². The van der Waals surface area contributed by atoms with Crippen LogP contribution in [0.2, 0.25) is 0 Å². The number of rotatable bonds is 7. The van der Waals surface area contributed by atoms with Gasteiger partial charge in [-0.2, -0.15) is 0 Å². The van der Waals surface area contributed by atoms with Gasteiger partial charge in [-0.25, -0.2) is 0 Å². The van der Waals surface area contributed by atoms with Gasteiger partial charge in [-0.1, -0.05) is 42.1 Å². The summed E-state index contributed by atoms with van der Waals surface area (Å²) in [7, 11) is 0. The topological polar surface area (TPSA) is 91.2 Å². The van der Waals surface area contributed by atoms with Gasteiger partial charge < -0.3 is 14.8 Å². The molecule has 1 unspecified atom stereocenters. The summed E-state index contributed by atoms with van der Waals surface area (Å²) in [5, 5.41) is 12.0. The molecule has 166 valence electrons. The number of benzene rings is 2. The molecule has 1 aliphatic heterocycles. The van der Waals surface area contributed by atoms with Crippen LogP contribution in [-0.2, 0) is 11.3 Å². The first kappa shape index (κ1) is 21.0. The average Bonchev–Trinajstić information content (AvgIpc) is 3.47. The minimum absolute atomic E-state index is 0.143.